The molecule has 0 aliphatic carbocycles. The molecule has 0 aromatic heterocycles. The Balaban J connectivity index is 1.91. The van der Waals surface area contributed by atoms with Gasteiger partial charge in [0.25, 0.3) is 4.38 Å². The summed E-state index contributed by atoms with van der Waals surface area (Å²) in [5.74, 6) is 2.54. The zero-order valence-electron chi connectivity index (χ0n) is 14.7. The van der Waals surface area contributed by atoms with Crippen molar-refractivity contribution in [3.05, 3.63) is 0 Å². The third kappa shape index (κ3) is 7.97. The lowest BCUT2D eigenvalue weighted by Gasteiger charge is -2.11. The van der Waals surface area contributed by atoms with Gasteiger partial charge in [-0.1, -0.05) is 76.5 Å². The average molecular weight is 331 g/mol. The molecule has 0 N–H and O–H groups in total. The standard InChI is InChI=1S/C18H36NS2/c1-5-6-7-8-9-10-11-12-13-14-15-20-17-19(4)18(2,3)16-21-17/h5-16H2,1-4H3/q+1. The van der Waals surface area contributed by atoms with Crippen LogP contribution in [0.15, 0.2) is 0 Å². The van der Waals surface area contributed by atoms with Crippen molar-refractivity contribution in [2.24, 2.45) is 0 Å². The van der Waals surface area contributed by atoms with E-state index in [1.54, 1.807) is 0 Å². The molecular formula is C18H36NS2+. The molecule has 0 aromatic carbocycles. The highest BCUT2D eigenvalue weighted by Gasteiger charge is 2.38. The van der Waals surface area contributed by atoms with E-state index in [-0.39, 0.29) is 0 Å². The first kappa shape index (κ1) is 19.4. The molecule has 0 aromatic rings. The zero-order chi connectivity index (χ0) is 15.6. The molecule has 1 nitrogen and oxygen atoms in total. The molecular weight excluding hydrogens is 294 g/mol. The van der Waals surface area contributed by atoms with Gasteiger partial charge in [-0.2, -0.15) is 0 Å². The van der Waals surface area contributed by atoms with Gasteiger partial charge in [-0.25, -0.2) is 4.58 Å². The van der Waals surface area contributed by atoms with Gasteiger partial charge < -0.3 is 0 Å². The Hall–Kier alpha value is 0.370. The van der Waals surface area contributed by atoms with E-state index >= 15 is 0 Å². The van der Waals surface area contributed by atoms with Crippen molar-refractivity contribution in [3.8, 4) is 0 Å². The van der Waals surface area contributed by atoms with E-state index in [0.717, 1.165) is 0 Å². The van der Waals surface area contributed by atoms with Crippen LogP contribution in [0, 0.1) is 0 Å². The van der Waals surface area contributed by atoms with Gasteiger partial charge in [0.05, 0.1) is 5.75 Å². The first-order chi connectivity index (χ1) is 10.1. The summed E-state index contributed by atoms with van der Waals surface area (Å²) >= 11 is 4.12. The highest BCUT2D eigenvalue weighted by atomic mass is 32.2. The molecule has 0 bridgehead atoms. The highest BCUT2D eigenvalue weighted by molar-refractivity contribution is 8.38. The normalized spacial score (nSPS) is 17.7. The Morgan fingerprint density at radius 1 is 0.952 bits per heavy atom. The Morgan fingerprint density at radius 3 is 1.95 bits per heavy atom. The SMILES string of the molecule is CCCCCCCCCCCCSC1=[N+](C)C(C)(C)CS1. The van der Waals surface area contributed by atoms with E-state index in [0.29, 0.717) is 5.54 Å². The van der Waals surface area contributed by atoms with E-state index in [2.05, 4.69) is 44.2 Å². The molecule has 0 saturated carbocycles. The maximum atomic E-state index is 2.47. The predicted molar refractivity (Wildman–Crippen MR) is 102 cm³/mol. The highest BCUT2D eigenvalue weighted by Crippen LogP contribution is 2.31. The molecule has 1 rings (SSSR count). The summed E-state index contributed by atoms with van der Waals surface area (Å²) < 4.78 is 4.01. The molecule has 0 saturated heterocycles. The van der Waals surface area contributed by atoms with E-state index < -0.39 is 0 Å². The number of unbranched alkanes of at least 4 members (excludes halogenated alkanes) is 9. The lowest BCUT2D eigenvalue weighted by atomic mass is 10.1. The number of hydrogen-bond acceptors (Lipinski definition) is 2. The number of rotatable bonds is 11. The maximum absolute atomic E-state index is 2.47. The molecule has 0 atom stereocenters. The molecule has 124 valence electrons. The zero-order valence-corrected chi connectivity index (χ0v) is 16.4. The molecule has 0 amide bonds. The molecule has 1 aliphatic rings. The van der Waals surface area contributed by atoms with Crippen LogP contribution in [0.25, 0.3) is 0 Å². The minimum atomic E-state index is 0.352. The predicted octanol–water partition coefficient (Wildman–Crippen LogP) is 6.16. The van der Waals surface area contributed by atoms with Crippen molar-refractivity contribution in [1.82, 2.24) is 0 Å². The molecule has 1 heterocycles. The second-order valence-electron chi connectivity index (χ2n) is 6.96. The number of thioether (sulfide) groups is 2. The average Bonchev–Trinajstić information content (AvgIpc) is 2.71. The van der Waals surface area contributed by atoms with Crippen molar-refractivity contribution >= 4 is 27.9 Å². The first-order valence-corrected chi connectivity index (χ1v) is 10.9. The second-order valence-corrected chi connectivity index (χ2v) is 9.26. The van der Waals surface area contributed by atoms with Gasteiger partial charge in [-0.05, 0) is 18.2 Å². The van der Waals surface area contributed by atoms with E-state index in [1.165, 1.54) is 80.1 Å². The lowest BCUT2D eigenvalue weighted by Crippen LogP contribution is -2.32. The summed E-state index contributed by atoms with van der Waals surface area (Å²) in [6.07, 6.45) is 14.3. The van der Waals surface area contributed by atoms with E-state index in [1.807, 2.05) is 11.8 Å². The molecule has 1 aliphatic heterocycles. The van der Waals surface area contributed by atoms with E-state index in [4.69, 9.17) is 0 Å². The Labute approximate surface area is 141 Å². The number of hydrogen-bond donors (Lipinski definition) is 0. The summed E-state index contributed by atoms with van der Waals surface area (Å²) in [5.41, 5.74) is 0.352. The van der Waals surface area contributed by atoms with Crippen molar-refractivity contribution < 1.29 is 4.58 Å². The minimum absolute atomic E-state index is 0.352. The Morgan fingerprint density at radius 2 is 1.48 bits per heavy atom. The van der Waals surface area contributed by atoms with Gasteiger partial charge in [0.15, 0.2) is 5.54 Å². The van der Waals surface area contributed by atoms with Crippen LogP contribution in [0.2, 0.25) is 0 Å². The van der Waals surface area contributed by atoms with Gasteiger partial charge in [0, 0.05) is 19.6 Å². The quantitative estimate of drug-likeness (QED) is 0.329. The van der Waals surface area contributed by atoms with Crippen LogP contribution in [-0.4, -0.2) is 33.0 Å². The lowest BCUT2D eigenvalue weighted by molar-refractivity contribution is -0.560. The molecule has 0 unspecified atom stereocenters. The fraction of sp³-hybridized carbons (Fsp3) is 0.944. The fourth-order valence-electron chi connectivity index (χ4n) is 2.57. The van der Waals surface area contributed by atoms with Gasteiger partial charge in [-0.3, -0.25) is 0 Å². The molecule has 0 radical (unpaired) electrons. The molecule has 3 heteroatoms. The smallest absolute Gasteiger partial charge is 0.216 e. The Kier molecular flexibility index (Phi) is 10.2. The number of nitrogens with zero attached hydrogens (tertiary/aromatic N) is 1. The van der Waals surface area contributed by atoms with Gasteiger partial charge in [0.2, 0.25) is 0 Å². The largest absolute Gasteiger partial charge is 0.270 e. The van der Waals surface area contributed by atoms with Crippen LogP contribution >= 0.6 is 23.5 Å². The van der Waals surface area contributed by atoms with Gasteiger partial charge >= 0.3 is 0 Å². The van der Waals surface area contributed by atoms with Crippen LogP contribution in [0.5, 0.6) is 0 Å². The first-order valence-electron chi connectivity index (χ1n) is 8.94. The minimum Gasteiger partial charge on any atom is -0.216 e. The van der Waals surface area contributed by atoms with Crippen LogP contribution in [0.1, 0.15) is 85.0 Å². The molecule has 21 heavy (non-hydrogen) atoms. The van der Waals surface area contributed by atoms with Crippen molar-refractivity contribution in [3.63, 3.8) is 0 Å². The van der Waals surface area contributed by atoms with Crippen LogP contribution in [0.4, 0.5) is 0 Å². The van der Waals surface area contributed by atoms with Gasteiger partial charge in [0.1, 0.15) is 7.05 Å². The summed E-state index contributed by atoms with van der Waals surface area (Å²) in [7, 11) is 2.25. The maximum Gasteiger partial charge on any atom is 0.270 e. The molecule has 0 spiro atoms. The topological polar surface area (TPSA) is 3.01 Å². The van der Waals surface area contributed by atoms with Gasteiger partial charge in [-0.15, -0.1) is 0 Å². The summed E-state index contributed by atoms with van der Waals surface area (Å²) in [4.78, 5) is 0. The third-order valence-electron chi connectivity index (χ3n) is 4.45. The van der Waals surface area contributed by atoms with Crippen LogP contribution in [0.3, 0.4) is 0 Å². The second kappa shape index (κ2) is 11.0. The molecule has 0 fully saturated rings. The third-order valence-corrected chi connectivity index (χ3v) is 7.55. The van der Waals surface area contributed by atoms with Crippen molar-refractivity contribution in [1.29, 1.82) is 0 Å². The van der Waals surface area contributed by atoms with E-state index in [9.17, 15) is 0 Å². The Bertz CT molecular complexity index is 310. The van der Waals surface area contributed by atoms with Crippen LogP contribution in [-0.2, 0) is 0 Å². The summed E-state index contributed by atoms with van der Waals surface area (Å²) in [6, 6.07) is 0. The summed E-state index contributed by atoms with van der Waals surface area (Å²) in [5, 5.41) is 0. The fourth-order valence-corrected chi connectivity index (χ4v) is 5.40. The van der Waals surface area contributed by atoms with Crippen LogP contribution < -0.4 is 0 Å². The van der Waals surface area contributed by atoms with Crippen molar-refractivity contribution in [2.75, 3.05) is 18.6 Å². The monoisotopic (exact) mass is 330 g/mol. The summed E-state index contributed by atoms with van der Waals surface area (Å²) in [6.45, 7) is 6.97. The van der Waals surface area contributed by atoms with Crippen molar-refractivity contribution in [2.45, 2.75) is 90.5 Å².